The van der Waals surface area contributed by atoms with Crippen molar-refractivity contribution in [1.29, 1.82) is 0 Å². The molecule has 1 atom stereocenters. The average Bonchev–Trinajstić information content (AvgIpc) is 2.61. The lowest BCUT2D eigenvalue weighted by Gasteiger charge is -2.23. The number of aromatic carboxylic acids is 1. The van der Waals surface area contributed by atoms with E-state index in [0.717, 1.165) is 17.0 Å². The molecule has 5 heteroatoms. The summed E-state index contributed by atoms with van der Waals surface area (Å²) in [6.07, 6.45) is 0. The summed E-state index contributed by atoms with van der Waals surface area (Å²) < 4.78 is 5.10. The second kappa shape index (κ2) is 6.14. The topological polar surface area (TPSA) is 49.8 Å². The highest BCUT2D eigenvalue weighted by Gasteiger charge is 2.15. The molecule has 1 unspecified atom stereocenters. The van der Waals surface area contributed by atoms with Crippen LogP contribution in [0.25, 0.3) is 0 Å². The number of carboxylic acid groups (broad SMARTS) is 1. The molecule has 96 valence electrons. The summed E-state index contributed by atoms with van der Waals surface area (Å²) in [5, 5.41) is 8.93. The van der Waals surface area contributed by atoms with E-state index in [4.69, 9.17) is 9.84 Å². The van der Waals surface area contributed by atoms with E-state index >= 15 is 0 Å². The maximum Gasteiger partial charge on any atom is 0.345 e. The highest BCUT2D eigenvalue weighted by Crippen LogP contribution is 2.23. The SMILES string of the molecule is COCC(C)N(C)Cc1cc(C(=O)O)sc1C. The predicted molar refractivity (Wildman–Crippen MR) is 68.8 cm³/mol. The molecule has 0 saturated carbocycles. The first-order valence-corrected chi connectivity index (χ1v) is 6.29. The largest absolute Gasteiger partial charge is 0.477 e. The minimum Gasteiger partial charge on any atom is -0.477 e. The normalized spacial score (nSPS) is 13.0. The molecule has 4 nitrogen and oxygen atoms in total. The standard InChI is InChI=1S/C12H19NO3S/c1-8(7-16-4)13(3)6-10-5-11(12(14)15)17-9(10)2/h5,8H,6-7H2,1-4H3,(H,14,15). The van der Waals surface area contributed by atoms with Crippen LogP contribution in [-0.4, -0.2) is 42.8 Å². The molecule has 0 spiro atoms. The van der Waals surface area contributed by atoms with Crippen LogP contribution in [0.5, 0.6) is 0 Å². The van der Waals surface area contributed by atoms with E-state index < -0.39 is 5.97 Å². The van der Waals surface area contributed by atoms with Crippen LogP contribution in [0, 0.1) is 6.92 Å². The summed E-state index contributed by atoms with van der Waals surface area (Å²) in [5.74, 6) is -0.850. The van der Waals surface area contributed by atoms with Gasteiger partial charge in [0.15, 0.2) is 0 Å². The smallest absolute Gasteiger partial charge is 0.345 e. The molecule has 0 fully saturated rings. The van der Waals surface area contributed by atoms with Gasteiger partial charge < -0.3 is 9.84 Å². The van der Waals surface area contributed by atoms with Gasteiger partial charge in [-0.2, -0.15) is 0 Å². The van der Waals surface area contributed by atoms with E-state index in [1.54, 1.807) is 13.2 Å². The van der Waals surface area contributed by atoms with Crippen molar-refractivity contribution < 1.29 is 14.6 Å². The summed E-state index contributed by atoms with van der Waals surface area (Å²) in [4.78, 5) is 14.5. The molecule has 0 aliphatic heterocycles. The first kappa shape index (κ1) is 14.2. The fourth-order valence-electron chi connectivity index (χ4n) is 1.58. The molecular weight excluding hydrogens is 238 g/mol. The van der Waals surface area contributed by atoms with Gasteiger partial charge in [0, 0.05) is 24.6 Å². The number of aryl methyl sites for hydroxylation is 1. The molecule has 0 radical (unpaired) electrons. The molecule has 0 amide bonds. The fraction of sp³-hybridized carbons (Fsp3) is 0.583. The number of hydrogen-bond acceptors (Lipinski definition) is 4. The van der Waals surface area contributed by atoms with Gasteiger partial charge in [-0.15, -0.1) is 11.3 Å². The molecule has 1 heterocycles. The highest BCUT2D eigenvalue weighted by atomic mass is 32.1. The molecular formula is C12H19NO3S. The number of thiophene rings is 1. The van der Waals surface area contributed by atoms with Gasteiger partial charge in [-0.25, -0.2) is 4.79 Å². The van der Waals surface area contributed by atoms with E-state index in [2.05, 4.69) is 11.8 Å². The van der Waals surface area contributed by atoms with Crippen molar-refractivity contribution in [2.24, 2.45) is 0 Å². The minimum absolute atomic E-state index is 0.313. The lowest BCUT2D eigenvalue weighted by Crippen LogP contribution is -2.32. The summed E-state index contributed by atoms with van der Waals surface area (Å²) in [6, 6.07) is 2.07. The molecule has 0 aliphatic carbocycles. The van der Waals surface area contributed by atoms with Gasteiger partial charge in [0.1, 0.15) is 4.88 Å². The Balaban J connectivity index is 2.71. The highest BCUT2D eigenvalue weighted by molar-refractivity contribution is 7.14. The maximum absolute atomic E-state index is 10.9. The van der Waals surface area contributed by atoms with Crippen LogP contribution in [0.3, 0.4) is 0 Å². The number of carbonyl (C=O) groups is 1. The van der Waals surface area contributed by atoms with Crippen LogP contribution in [0.1, 0.15) is 27.0 Å². The first-order chi connectivity index (χ1) is 7.95. The minimum atomic E-state index is -0.850. The van der Waals surface area contributed by atoms with E-state index in [9.17, 15) is 4.79 Å². The molecule has 1 rings (SSSR count). The van der Waals surface area contributed by atoms with Gasteiger partial charge in [-0.05, 0) is 32.5 Å². The lowest BCUT2D eigenvalue weighted by atomic mass is 10.2. The summed E-state index contributed by atoms with van der Waals surface area (Å²) >= 11 is 1.33. The van der Waals surface area contributed by atoms with Crippen LogP contribution in [-0.2, 0) is 11.3 Å². The Hall–Kier alpha value is -0.910. The van der Waals surface area contributed by atoms with Gasteiger partial charge in [-0.3, -0.25) is 4.90 Å². The summed E-state index contributed by atoms with van der Waals surface area (Å²) in [6.45, 7) is 5.47. The number of methoxy groups -OCH3 is 1. The van der Waals surface area contributed by atoms with Crippen molar-refractivity contribution in [3.8, 4) is 0 Å². The average molecular weight is 257 g/mol. The van der Waals surface area contributed by atoms with Gasteiger partial charge in [-0.1, -0.05) is 0 Å². The molecule has 1 aromatic heterocycles. The van der Waals surface area contributed by atoms with Crippen LogP contribution in [0.2, 0.25) is 0 Å². The molecule has 1 aromatic rings. The van der Waals surface area contributed by atoms with Gasteiger partial charge in [0.2, 0.25) is 0 Å². The second-order valence-electron chi connectivity index (χ2n) is 4.22. The molecule has 17 heavy (non-hydrogen) atoms. The van der Waals surface area contributed by atoms with Crippen molar-refractivity contribution in [3.05, 3.63) is 21.4 Å². The van der Waals surface area contributed by atoms with Crippen LogP contribution >= 0.6 is 11.3 Å². The summed E-state index contributed by atoms with van der Waals surface area (Å²) in [5.41, 5.74) is 1.08. The molecule has 0 saturated heterocycles. The van der Waals surface area contributed by atoms with Crippen molar-refractivity contribution in [2.45, 2.75) is 26.4 Å². The van der Waals surface area contributed by atoms with Crippen LogP contribution < -0.4 is 0 Å². The number of hydrogen-bond donors (Lipinski definition) is 1. The van der Waals surface area contributed by atoms with E-state index in [1.807, 2.05) is 14.0 Å². The zero-order valence-electron chi connectivity index (χ0n) is 10.7. The third-order valence-electron chi connectivity index (χ3n) is 2.81. The monoisotopic (exact) mass is 257 g/mol. The van der Waals surface area contributed by atoms with E-state index in [0.29, 0.717) is 17.5 Å². The number of likely N-dealkylation sites (N-methyl/N-ethyl adjacent to an activating group) is 1. The summed E-state index contributed by atoms with van der Waals surface area (Å²) in [7, 11) is 3.70. The van der Waals surface area contributed by atoms with Crippen LogP contribution in [0.4, 0.5) is 0 Å². The van der Waals surface area contributed by atoms with Crippen molar-refractivity contribution in [2.75, 3.05) is 20.8 Å². The Kier molecular flexibility index (Phi) is 5.11. The Morgan fingerprint density at radius 2 is 2.29 bits per heavy atom. The molecule has 0 aliphatic rings. The number of carboxylic acids is 1. The Labute approximate surface area is 106 Å². The van der Waals surface area contributed by atoms with Crippen LogP contribution in [0.15, 0.2) is 6.07 Å². The number of ether oxygens (including phenoxy) is 1. The quantitative estimate of drug-likeness (QED) is 0.849. The molecule has 0 bridgehead atoms. The zero-order valence-corrected chi connectivity index (χ0v) is 11.5. The van der Waals surface area contributed by atoms with Gasteiger partial charge in [0.25, 0.3) is 0 Å². The number of nitrogens with zero attached hydrogens (tertiary/aromatic N) is 1. The fourth-order valence-corrected chi connectivity index (χ4v) is 2.45. The zero-order chi connectivity index (χ0) is 13.0. The van der Waals surface area contributed by atoms with Gasteiger partial charge in [0.05, 0.1) is 6.61 Å². The van der Waals surface area contributed by atoms with Crippen molar-refractivity contribution in [1.82, 2.24) is 4.90 Å². The molecule has 0 aromatic carbocycles. The Morgan fingerprint density at radius 3 is 2.76 bits per heavy atom. The van der Waals surface area contributed by atoms with Crippen molar-refractivity contribution in [3.63, 3.8) is 0 Å². The van der Waals surface area contributed by atoms with E-state index in [1.165, 1.54) is 11.3 Å². The Morgan fingerprint density at radius 1 is 1.65 bits per heavy atom. The third-order valence-corrected chi connectivity index (χ3v) is 3.89. The van der Waals surface area contributed by atoms with Crippen molar-refractivity contribution >= 4 is 17.3 Å². The third kappa shape index (κ3) is 3.80. The maximum atomic E-state index is 10.9. The molecule has 1 N–H and O–H groups in total. The lowest BCUT2D eigenvalue weighted by molar-refractivity contribution is 0.0702. The first-order valence-electron chi connectivity index (χ1n) is 5.47. The van der Waals surface area contributed by atoms with Gasteiger partial charge >= 0.3 is 5.97 Å². The predicted octanol–water partition coefficient (Wildman–Crippen LogP) is 2.22. The van der Waals surface area contributed by atoms with E-state index in [-0.39, 0.29) is 0 Å². The Bertz CT molecular complexity index is 389. The second-order valence-corrected chi connectivity index (χ2v) is 5.47. The number of rotatable bonds is 6.